The van der Waals surface area contributed by atoms with Gasteiger partial charge in [-0.05, 0) is 28.1 Å². The maximum absolute atomic E-state index is 13.2. The molecule has 0 N–H and O–H groups in total. The Morgan fingerprint density at radius 3 is 2.88 bits per heavy atom. The van der Waals surface area contributed by atoms with Gasteiger partial charge < -0.3 is 4.74 Å². The van der Waals surface area contributed by atoms with Crippen molar-refractivity contribution in [3.63, 3.8) is 0 Å². The summed E-state index contributed by atoms with van der Waals surface area (Å²) in [7, 11) is 0. The Morgan fingerprint density at radius 1 is 1.44 bits per heavy atom. The molecule has 2 aromatic rings. The number of benzene rings is 1. The zero-order valence-electron chi connectivity index (χ0n) is 7.78. The fraction of sp³-hybridized carbons (Fsp3) is 0.111. The van der Waals surface area contributed by atoms with Crippen LogP contribution in [0.2, 0.25) is 0 Å². The zero-order valence-corrected chi connectivity index (χ0v) is 10.9. The SMILES string of the molecule is Fc1cc(Oc2nnc(CCl)s2)ccc1Br. The van der Waals surface area contributed by atoms with Crippen molar-refractivity contribution in [2.24, 2.45) is 0 Å². The Morgan fingerprint density at radius 2 is 2.25 bits per heavy atom. The summed E-state index contributed by atoms with van der Waals surface area (Å²) in [5.41, 5.74) is 0. The highest BCUT2D eigenvalue weighted by molar-refractivity contribution is 9.10. The second-order valence-corrected chi connectivity index (χ2v) is 4.92. The van der Waals surface area contributed by atoms with E-state index in [1.165, 1.54) is 17.4 Å². The van der Waals surface area contributed by atoms with E-state index in [-0.39, 0.29) is 11.7 Å². The number of nitrogens with zero attached hydrogens (tertiary/aromatic N) is 2. The molecule has 1 aromatic heterocycles. The van der Waals surface area contributed by atoms with Gasteiger partial charge in [-0.25, -0.2) is 4.39 Å². The van der Waals surface area contributed by atoms with Gasteiger partial charge in [-0.15, -0.1) is 16.7 Å². The van der Waals surface area contributed by atoms with Gasteiger partial charge in [0.25, 0.3) is 5.19 Å². The van der Waals surface area contributed by atoms with E-state index < -0.39 is 0 Å². The lowest BCUT2D eigenvalue weighted by molar-refractivity contribution is 0.467. The first kappa shape index (κ1) is 11.8. The predicted octanol–water partition coefficient (Wildman–Crippen LogP) is 3.97. The smallest absolute Gasteiger partial charge is 0.299 e. The van der Waals surface area contributed by atoms with Crippen molar-refractivity contribution in [2.75, 3.05) is 0 Å². The highest BCUT2D eigenvalue weighted by Crippen LogP contribution is 2.28. The second kappa shape index (κ2) is 5.07. The van der Waals surface area contributed by atoms with E-state index in [1.807, 2.05) is 0 Å². The van der Waals surface area contributed by atoms with Crippen LogP contribution in [-0.2, 0) is 5.88 Å². The summed E-state index contributed by atoms with van der Waals surface area (Å²) < 4.78 is 18.9. The summed E-state index contributed by atoms with van der Waals surface area (Å²) in [6.45, 7) is 0. The van der Waals surface area contributed by atoms with Crippen LogP contribution < -0.4 is 4.74 Å². The molecule has 0 aliphatic rings. The fourth-order valence-corrected chi connectivity index (χ4v) is 2.00. The van der Waals surface area contributed by atoms with Crippen LogP contribution in [0.1, 0.15) is 5.01 Å². The maximum Gasteiger partial charge on any atom is 0.299 e. The number of halogens is 3. The first-order valence-electron chi connectivity index (χ1n) is 4.20. The second-order valence-electron chi connectivity index (χ2n) is 2.77. The van der Waals surface area contributed by atoms with Crippen molar-refractivity contribution in [3.8, 4) is 10.9 Å². The Kier molecular flexibility index (Phi) is 3.73. The quantitative estimate of drug-likeness (QED) is 0.802. The summed E-state index contributed by atoms with van der Waals surface area (Å²) in [5, 5.41) is 8.55. The van der Waals surface area contributed by atoms with Crippen LogP contribution in [0, 0.1) is 5.82 Å². The molecule has 16 heavy (non-hydrogen) atoms. The lowest BCUT2D eigenvalue weighted by Crippen LogP contribution is -1.85. The molecule has 1 heterocycles. The molecule has 0 aliphatic carbocycles. The van der Waals surface area contributed by atoms with Gasteiger partial charge in [0.1, 0.15) is 16.6 Å². The summed E-state index contributed by atoms with van der Waals surface area (Å²) in [6, 6.07) is 4.47. The zero-order chi connectivity index (χ0) is 11.5. The van der Waals surface area contributed by atoms with Crippen molar-refractivity contribution in [3.05, 3.63) is 33.5 Å². The normalized spacial score (nSPS) is 10.4. The molecule has 0 bridgehead atoms. The van der Waals surface area contributed by atoms with E-state index in [9.17, 15) is 4.39 Å². The average molecular weight is 324 g/mol. The number of hydrogen-bond donors (Lipinski definition) is 0. The first-order chi connectivity index (χ1) is 7.69. The molecule has 0 fully saturated rings. The summed E-state index contributed by atoms with van der Waals surface area (Å²) in [6.07, 6.45) is 0. The Labute approximate surface area is 108 Å². The van der Waals surface area contributed by atoms with Crippen LogP contribution in [0.15, 0.2) is 22.7 Å². The van der Waals surface area contributed by atoms with Gasteiger partial charge in [0.2, 0.25) is 0 Å². The topological polar surface area (TPSA) is 35.0 Å². The van der Waals surface area contributed by atoms with Gasteiger partial charge in [0.15, 0.2) is 0 Å². The summed E-state index contributed by atoms with van der Waals surface area (Å²) >= 11 is 9.86. The van der Waals surface area contributed by atoms with E-state index in [2.05, 4.69) is 26.1 Å². The number of ether oxygens (including phenoxy) is 1. The lowest BCUT2D eigenvalue weighted by Gasteiger charge is -2.01. The molecule has 3 nitrogen and oxygen atoms in total. The molecule has 2 rings (SSSR count). The molecule has 84 valence electrons. The van der Waals surface area contributed by atoms with E-state index in [1.54, 1.807) is 12.1 Å². The van der Waals surface area contributed by atoms with Gasteiger partial charge in [-0.3, -0.25) is 0 Å². The largest absolute Gasteiger partial charge is 0.430 e. The summed E-state index contributed by atoms with van der Waals surface area (Å²) in [4.78, 5) is 0. The number of hydrogen-bond acceptors (Lipinski definition) is 4. The Hall–Kier alpha value is -0.720. The van der Waals surface area contributed by atoms with Crippen LogP contribution in [0.25, 0.3) is 0 Å². The molecule has 0 unspecified atom stereocenters. The van der Waals surface area contributed by atoms with E-state index >= 15 is 0 Å². The average Bonchev–Trinajstić information content (AvgIpc) is 2.71. The highest BCUT2D eigenvalue weighted by atomic mass is 79.9. The van der Waals surface area contributed by atoms with Gasteiger partial charge in [0.05, 0.1) is 10.4 Å². The maximum atomic E-state index is 13.2. The van der Waals surface area contributed by atoms with E-state index in [0.29, 0.717) is 20.4 Å². The molecule has 0 saturated carbocycles. The molecule has 7 heteroatoms. The third-order valence-corrected chi connectivity index (χ3v) is 3.51. The van der Waals surface area contributed by atoms with Gasteiger partial charge in [-0.2, -0.15) is 0 Å². The van der Waals surface area contributed by atoms with Crippen LogP contribution in [-0.4, -0.2) is 10.2 Å². The Balaban J connectivity index is 2.17. The van der Waals surface area contributed by atoms with Crippen LogP contribution in [0.3, 0.4) is 0 Å². The van der Waals surface area contributed by atoms with Crippen LogP contribution in [0.5, 0.6) is 10.9 Å². The molecule has 0 spiro atoms. The van der Waals surface area contributed by atoms with Gasteiger partial charge in [0, 0.05) is 6.07 Å². The minimum Gasteiger partial charge on any atom is -0.430 e. The Bertz CT molecular complexity index is 508. The number of alkyl halides is 1. The monoisotopic (exact) mass is 322 g/mol. The minimum atomic E-state index is -0.389. The summed E-state index contributed by atoms with van der Waals surface area (Å²) in [5.74, 6) is 0.271. The van der Waals surface area contributed by atoms with Crippen molar-refractivity contribution in [2.45, 2.75) is 5.88 Å². The standard InChI is InChI=1S/C9H5BrClFN2OS/c10-6-2-1-5(3-7(6)12)15-9-14-13-8(4-11)16-9/h1-3H,4H2. The third-order valence-electron chi connectivity index (χ3n) is 1.66. The molecule has 0 amide bonds. The highest BCUT2D eigenvalue weighted by Gasteiger charge is 2.07. The molecule has 0 atom stereocenters. The minimum absolute atomic E-state index is 0.287. The van der Waals surface area contributed by atoms with Gasteiger partial charge >= 0.3 is 0 Å². The molecular weight excluding hydrogens is 319 g/mol. The van der Waals surface area contributed by atoms with Crippen molar-refractivity contribution >= 4 is 38.9 Å². The molecule has 0 saturated heterocycles. The fourth-order valence-electron chi connectivity index (χ4n) is 0.975. The van der Waals surface area contributed by atoms with Gasteiger partial charge in [-0.1, -0.05) is 16.4 Å². The predicted molar refractivity (Wildman–Crippen MR) is 63.6 cm³/mol. The molecule has 0 radical (unpaired) electrons. The van der Waals surface area contributed by atoms with Crippen molar-refractivity contribution in [1.29, 1.82) is 0 Å². The first-order valence-corrected chi connectivity index (χ1v) is 6.34. The van der Waals surface area contributed by atoms with E-state index in [0.717, 1.165) is 0 Å². The van der Waals surface area contributed by atoms with Crippen molar-refractivity contribution < 1.29 is 9.13 Å². The molecule has 1 aromatic carbocycles. The van der Waals surface area contributed by atoms with Crippen LogP contribution in [0.4, 0.5) is 4.39 Å². The molecule has 0 aliphatic heterocycles. The van der Waals surface area contributed by atoms with Crippen LogP contribution >= 0.6 is 38.9 Å². The third kappa shape index (κ3) is 2.69. The van der Waals surface area contributed by atoms with Crippen molar-refractivity contribution in [1.82, 2.24) is 10.2 Å². The number of rotatable bonds is 3. The lowest BCUT2D eigenvalue weighted by atomic mass is 10.3. The number of aromatic nitrogens is 2. The van der Waals surface area contributed by atoms with E-state index in [4.69, 9.17) is 16.3 Å². The molecular formula is C9H5BrClFN2OS.